The largest absolute Gasteiger partial charge is 0.444 e. The summed E-state index contributed by atoms with van der Waals surface area (Å²) in [5.74, 6) is 0.779. The van der Waals surface area contributed by atoms with Gasteiger partial charge in [0.1, 0.15) is 11.4 Å². The molecule has 1 heterocycles. The molecule has 0 spiro atoms. The van der Waals surface area contributed by atoms with E-state index in [1.165, 1.54) is 0 Å². The number of hydrogen-bond acceptors (Lipinski definition) is 4. The highest BCUT2D eigenvalue weighted by atomic mass is 79.9. The van der Waals surface area contributed by atoms with Crippen molar-refractivity contribution in [2.75, 3.05) is 13.6 Å². The van der Waals surface area contributed by atoms with Gasteiger partial charge in [0.05, 0.1) is 4.47 Å². The van der Waals surface area contributed by atoms with Gasteiger partial charge in [0.25, 0.3) is 0 Å². The van der Waals surface area contributed by atoms with Crippen LogP contribution in [-0.4, -0.2) is 40.2 Å². The lowest BCUT2D eigenvalue weighted by atomic mass is 10.2. The molecule has 0 aliphatic rings. The summed E-state index contributed by atoms with van der Waals surface area (Å²) >= 11 is 3.29. The molecule has 0 saturated heterocycles. The van der Waals surface area contributed by atoms with Crippen LogP contribution in [0.5, 0.6) is 0 Å². The van der Waals surface area contributed by atoms with Crippen LogP contribution in [0.2, 0.25) is 0 Å². The van der Waals surface area contributed by atoms with Gasteiger partial charge in [-0.25, -0.2) is 14.8 Å². The number of ether oxygens (including phenoxy) is 1. The summed E-state index contributed by atoms with van der Waals surface area (Å²) in [5.41, 5.74) is -0.458. The number of rotatable bonds is 4. The summed E-state index contributed by atoms with van der Waals surface area (Å²) < 4.78 is 6.13. The highest BCUT2D eigenvalue weighted by Crippen LogP contribution is 2.10. The number of hydrogen-bond donors (Lipinski definition) is 0. The van der Waals surface area contributed by atoms with Gasteiger partial charge in [-0.1, -0.05) is 0 Å². The van der Waals surface area contributed by atoms with Crippen LogP contribution < -0.4 is 0 Å². The second-order valence-electron chi connectivity index (χ2n) is 5.32. The van der Waals surface area contributed by atoms with E-state index in [0.29, 0.717) is 6.54 Å². The zero-order valence-corrected chi connectivity index (χ0v) is 13.4. The SMILES string of the molecule is CN(CCCc1ncc(Br)cn1)C(=O)OC(C)(C)C. The van der Waals surface area contributed by atoms with Crippen molar-refractivity contribution in [3.8, 4) is 0 Å². The molecular formula is C13H20BrN3O2. The maximum Gasteiger partial charge on any atom is 0.410 e. The number of aromatic nitrogens is 2. The molecule has 5 nitrogen and oxygen atoms in total. The van der Waals surface area contributed by atoms with Crippen LogP contribution in [0.25, 0.3) is 0 Å². The number of nitrogens with zero attached hydrogens (tertiary/aromatic N) is 3. The average molecular weight is 330 g/mol. The molecule has 0 unspecified atom stereocenters. The van der Waals surface area contributed by atoms with Gasteiger partial charge in [0.2, 0.25) is 0 Å². The molecule has 0 radical (unpaired) electrons. The molecule has 0 aliphatic heterocycles. The van der Waals surface area contributed by atoms with E-state index in [0.717, 1.165) is 23.1 Å². The first-order valence-electron chi connectivity index (χ1n) is 6.18. The molecule has 0 saturated carbocycles. The van der Waals surface area contributed by atoms with Crippen molar-refractivity contribution in [3.05, 3.63) is 22.7 Å². The lowest BCUT2D eigenvalue weighted by Gasteiger charge is -2.24. The van der Waals surface area contributed by atoms with Gasteiger partial charge >= 0.3 is 6.09 Å². The lowest BCUT2D eigenvalue weighted by molar-refractivity contribution is 0.0297. The fraction of sp³-hybridized carbons (Fsp3) is 0.615. The maximum atomic E-state index is 11.7. The Morgan fingerprint density at radius 3 is 2.47 bits per heavy atom. The van der Waals surface area contributed by atoms with E-state index in [-0.39, 0.29) is 6.09 Å². The third-order valence-electron chi connectivity index (χ3n) is 2.27. The monoisotopic (exact) mass is 329 g/mol. The third-order valence-corrected chi connectivity index (χ3v) is 2.68. The summed E-state index contributed by atoms with van der Waals surface area (Å²) in [4.78, 5) is 21.7. The maximum absolute atomic E-state index is 11.7. The van der Waals surface area contributed by atoms with Gasteiger partial charge in [0, 0.05) is 32.4 Å². The second-order valence-corrected chi connectivity index (χ2v) is 6.24. The van der Waals surface area contributed by atoms with E-state index < -0.39 is 5.60 Å². The molecule has 0 fully saturated rings. The van der Waals surface area contributed by atoms with Crippen LogP contribution in [0.4, 0.5) is 4.79 Å². The number of amides is 1. The van der Waals surface area contributed by atoms with E-state index in [2.05, 4.69) is 25.9 Å². The molecule has 1 aromatic heterocycles. The minimum Gasteiger partial charge on any atom is -0.444 e. The molecule has 106 valence electrons. The Morgan fingerprint density at radius 1 is 1.37 bits per heavy atom. The minimum atomic E-state index is -0.458. The Labute approximate surface area is 122 Å². The van der Waals surface area contributed by atoms with Crippen molar-refractivity contribution < 1.29 is 9.53 Å². The highest BCUT2D eigenvalue weighted by Gasteiger charge is 2.19. The summed E-state index contributed by atoms with van der Waals surface area (Å²) in [6.07, 6.45) is 4.68. The fourth-order valence-electron chi connectivity index (χ4n) is 1.37. The Bertz CT molecular complexity index is 415. The van der Waals surface area contributed by atoms with E-state index in [1.54, 1.807) is 24.3 Å². The number of aryl methyl sites for hydroxylation is 1. The molecule has 19 heavy (non-hydrogen) atoms. The van der Waals surface area contributed by atoms with Crippen LogP contribution >= 0.6 is 15.9 Å². The van der Waals surface area contributed by atoms with Gasteiger partial charge in [-0.2, -0.15) is 0 Å². The topological polar surface area (TPSA) is 55.3 Å². The highest BCUT2D eigenvalue weighted by molar-refractivity contribution is 9.10. The molecule has 6 heteroatoms. The predicted octanol–water partition coefficient (Wildman–Crippen LogP) is 3.04. The van der Waals surface area contributed by atoms with Crippen molar-refractivity contribution >= 4 is 22.0 Å². The first-order valence-corrected chi connectivity index (χ1v) is 6.98. The van der Waals surface area contributed by atoms with Crippen molar-refractivity contribution in [2.24, 2.45) is 0 Å². The van der Waals surface area contributed by atoms with Gasteiger partial charge in [-0.05, 0) is 43.1 Å². The van der Waals surface area contributed by atoms with E-state index >= 15 is 0 Å². The Kier molecular flexibility index (Phi) is 5.72. The fourth-order valence-corrected chi connectivity index (χ4v) is 1.58. The molecule has 1 rings (SSSR count). The van der Waals surface area contributed by atoms with Crippen molar-refractivity contribution in [3.63, 3.8) is 0 Å². The molecule has 1 aromatic rings. The van der Waals surface area contributed by atoms with Gasteiger partial charge in [0.15, 0.2) is 0 Å². The van der Waals surface area contributed by atoms with Crippen LogP contribution in [-0.2, 0) is 11.2 Å². The first kappa shape index (κ1) is 15.9. The molecule has 0 bridgehead atoms. The molecule has 0 aliphatic carbocycles. The van der Waals surface area contributed by atoms with Crippen LogP contribution in [0, 0.1) is 0 Å². The Balaban J connectivity index is 2.32. The molecule has 0 N–H and O–H groups in total. The Hall–Kier alpha value is -1.17. The van der Waals surface area contributed by atoms with Gasteiger partial charge in [-0.3, -0.25) is 0 Å². The molecule has 1 amide bonds. The Morgan fingerprint density at radius 2 is 1.95 bits per heavy atom. The van der Waals surface area contributed by atoms with Crippen molar-refractivity contribution in [2.45, 2.75) is 39.2 Å². The number of carbonyl (C=O) groups is 1. The predicted molar refractivity (Wildman–Crippen MR) is 76.9 cm³/mol. The van der Waals surface area contributed by atoms with E-state index in [1.807, 2.05) is 20.8 Å². The zero-order chi connectivity index (χ0) is 14.5. The average Bonchev–Trinajstić information content (AvgIpc) is 2.29. The lowest BCUT2D eigenvalue weighted by Crippen LogP contribution is -2.34. The standard InChI is InChI=1S/C13H20BrN3O2/c1-13(2,3)19-12(18)17(4)7-5-6-11-15-8-10(14)9-16-11/h8-9H,5-7H2,1-4H3. The summed E-state index contributed by atoms with van der Waals surface area (Å²) in [5, 5.41) is 0. The van der Waals surface area contributed by atoms with Crippen LogP contribution in [0.15, 0.2) is 16.9 Å². The summed E-state index contributed by atoms with van der Waals surface area (Å²) in [7, 11) is 1.73. The van der Waals surface area contributed by atoms with Crippen LogP contribution in [0.1, 0.15) is 33.0 Å². The van der Waals surface area contributed by atoms with Crippen molar-refractivity contribution in [1.82, 2.24) is 14.9 Å². The van der Waals surface area contributed by atoms with Gasteiger partial charge in [-0.15, -0.1) is 0 Å². The van der Waals surface area contributed by atoms with Crippen LogP contribution in [0.3, 0.4) is 0 Å². The normalized spacial score (nSPS) is 11.2. The quantitative estimate of drug-likeness (QED) is 0.851. The summed E-state index contributed by atoms with van der Waals surface area (Å²) in [6.45, 7) is 6.19. The number of carbonyl (C=O) groups excluding carboxylic acids is 1. The molecule has 0 atom stereocenters. The summed E-state index contributed by atoms with van der Waals surface area (Å²) in [6, 6.07) is 0. The van der Waals surface area contributed by atoms with Gasteiger partial charge < -0.3 is 9.64 Å². The smallest absolute Gasteiger partial charge is 0.410 e. The third kappa shape index (κ3) is 6.52. The minimum absolute atomic E-state index is 0.302. The zero-order valence-electron chi connectivity index (χ0n) is 11.8. The number of halogens is 1. The van der Waals surface area contributed by atoms with E-state index in [9.17, 15) is 4.79 Å². The molecule has 0 aromatic carbocycles. The molecular weight excluding hydrogens is 310 g/mol. The van der Waals surface area contributed by atoms with E-state index in [4.69, 9.17) is 4.74 Å². The van der Waals surface area contributed by atoms with Crippen molar-refractivity contribution in [1.29, 1.82) is 0 Å². The first-order chi connectivity index (χ1) is 8.78. The second kappa shape index (κ2) is 6.84.